The van der Waals surface area contributed by atoms with E-state index in [1.54, 1.807) is 18.2 Å². The average Bonchev–Trinajstić information content (AvgIpc) is 3.06. The third-order valence-electron chi connectivity index (χ3n) is 3.34. The Hall–Kier alpha value is -3.26. The van der Waals surface area contributed by atoms with Crippen LogP contribution in [0.5, 0.6) is 0 Å². The second kappa shape index (κ2) is 8.21. The summed E-state index contributed by atoms with van der Waals surface area (Å²) in [6.07, 6.45) is 0.777. The van der Waals surface area contributed by atoms with Gasteiger partial charge in [-0.25, -0.2) is 14.2 Å². The number of amides is 1. The number of hydrogen-bond donors (Lipinski definition) is 2. The highest BCUT2D eigenvalue weighted by molar-refractivity contribution is 7.20. The van der Waals surface area contributed by atoms with Crippen LogP contribution in [0.4, 0.5) is 19.3 Å². The van der Waals surface area contributed by atoms with Crippen LogP contribution in [0.15, 0.2) is 59.7 Å². The summed E-state index contributed by atoms with van der Waals surface area (Å²) in [6.45, 7) is 0. The van der Waals surface area contributed by atoms with Crippen molar-refractivity contribution in [3.63, 3.8) is 0 Å². The SMILES string of the molecule is COC(=O)Nc1sc(NN=Cc2ccccc2F)nc1-c1ccccc1. The van der Waals surface area contributed by atoms with Gasteiger partial charge in [-0.05, 0) is 6.07 Å². The molecular formula is C18H15FN4O2S. The Bertz CT molecular complexity index is 928. The van der Waals surface area contributed by atoms with Crippen molar-refractivity contribution in [2.24, 2.45) is 5.10 Å². The molecule has 3 rings (SSSR count). The molecule has 1 amide bonds. The van der Waals surface area contributed by atoms with Crippen molar-refractivity contribution >= 4 is 33.8 Å². The van der Waals surface area contributed by atoms with Crippen LogP contribution in [0, 0.1) is 5.82 Å². The molecule has 2 N–H and O–H groups in total. The van der Waals surface area contributed by atoms with Crippen LogP contribution in [0.3, 0.4) is 0 Å². The molecule has 0 radical (unpaired) electrons. The number of rotatable bonds is 5. The molecule has 0 bridgehead atoms. The third kappa shape index (κ3) is 4.22. The standard InChI is InChI=1S/C18H15FN4O2S/c1-25-18(24)22-16-15(12-7-3-2-4-8-12)21-17(26-16)23-20-11-13-9-5-6-10-14(13)19/h2-11H,1H3,(H,21,23)(H,22,24). The van der Waals surface area contributed by atoms with Gasteiger partial charge in [0.25, 0.3) is 0 Å². The molecule has 26 heavy (non-hydrogen) atoms. The summed E-state index contributed by atoms with van der Waals surface area (Å²) in [7, 11) is 1.29. The van der Waals surface area contributed by atoms with Crippen molar-refractivity contribution in [2.45, 2.75) is 0 Å². The van der Waals surface area contributed by atoms with E-state index >= 15 is 0 Å². The summed E-state index contributed by atoms with van der Waals surface area (Å²) in [5.41, 5.74) is 4.54. The third-order valence-corrected chi connectivity index (χ3v) is 4.22. The van der Waals surface area contributed by atoms with E-state index in [4.69, 9.17) is 0 Å². The van der Waals surface area contributed by atoms with E-state index in [2.05, 4.69) is 25.6 Å². The zero-order valence-electron chi connectivity index (χ0n) is 13.8. The van der Waals surface area contributed by atoms with Crippen molar-refractivity contribution in [3.05, 3.63) is 66.0 Å². The zero-order valence-corrected chi connectivity index (χ0v) is 14.6. The Kier molecular flexibility index (Phi) is 5.55. The lowest BCUT2D eigenvalue weighted by Gasteiger charge is -2.03. The average molecular weight is 370 g/mol. The van der Waals surface area contributed by atoms with E-state index in [1.165, 1.54) is 30.7 Å². The van der Waals surface area contributed by atoms with Gasteiger partial charge in [-0.15, -0.1) is 0 Å². The topological polar surface area (TPSA) is 75.6 Å². The van der Waals surface area contributed by atoms with Crippen molar-refractivity contribution in [1.82, 2.24) is 4.98 Å². The van der Waals surface area contributed by atoms with E-state index in [1.807, 2.05) is 30.3 Å². The maximum atomic E-state index is 13.6. The van der Waals surface area contributed by atoms with Gasteiger partial charge in [-0.1, -0.05) is 59.9 Å². The second-order valence-electron chi connectivity index (χ2n) is 5.07. The number of hydrazone groups is 1. The Balaban J connectivity index is 1.84. The van der Waals surface area contributed by atoms with Crippen LogP contribution in [-0.2, 0) is 4.74 Å². The fourth-order valence-electron chi connectivity index (χ4n) is 2.12. The number of halogens is 1. The van der Waals surface area contributed by atoms with Gasteiger partial charge in [0.15, 0.2) is 0 Å². The normalized spacial score (nSPS) is 10.7. The summed E-state index contributed by atoms with van der Waals surface area (Å²) < 4.78 is 18.2. The zero-order chi connectivity index (χ0) is 18.4. The number of anilines is 2. The van der Waals surface area contributed by atoms with Gasteiger partial charge in [0.1, 0.15) is 16.5 Å². The molecule has 0 saturated heterocycles. The quantitative estimate of drug-likeness (QED) is 0.509. The molecule has 132 valence electrons. The van der Waals surface area contributed by atoms with Crippen molar-refractivity contribution < 1.29 is 13.9 Å². The summed E-state index contributed by atoms with van der Waals surface area (Å²) >= 11 is 1.20. The van der Waals surface area contributed by atoms with Gasteiger partial charge >= 0.3 is 6.09 Å². The van der Waals surface area contributed by atoms with Crippen LogP contribution in [0.2, 0.25) is 0 Å². The maximum absolute atomic E-state index is 13.6. The predicted octanol–water partition coefficient (Wildman–Crippen LogP) is 4.57. The summed E-state index contributed by atoms with van der Waals surface area (Å²) in [4.78, 5) is 16.0. The number of methoxy groups -OCH3 is 1. The molecule has 0 unspecified atom stereocenters. The minimum Gasteiger partial charge on any atom is -0.453 e. The number of thiazole rings is 1. The fraction of sp³-hybridized carbons (Fsp3) is 0.0556. The first-order valence-corrected chi connectivity index (χ1v) is 8.44. The monoisotopic (exact) mass is 370 g/mol. The van der Waals surface area contributed by atoms with Gasteiger partial charge < -0.3 is 4.74 Å². The molecule has 1 aromatic heterocycles. The molecule has 0 fully saturated rings. The summed E-state index contributed by atoms with van der Waals surface area (Å²) in [5.74, 6) is -0.366. The number of carbonyl (C=O) groups excluding carboxylic acids is 1. The summed E-state index contributed by atoms with van der Waals surface area (Å²) in [6, 6.07) is 15.7. The number of benzene rings is 2. The number of ether oxygens (including phenoxy) is 1. The van der Waals surface area contributed by atoms with Gasteiger partial charge in [-0.2, -0.15) is 5.10 Å². The summed E-state index contributed by atoms with van der Waals surface area (Å²) in [5, 5.41) is 7.62. The second-order valence-corrected chi connectivity index (χ2v) is 6.07. The highest BCUT2D eigenvalue weighted by atomic mass is 32.1. The van der Waals surface area contributed by atoms with Crippen LogP contribution in [0.25, 0.3) is 11.3 Å². The van der Waals surface area contributed by atoms with E-state index in [0.717, 1.165) is 5.56 Å². The Labute approximate surface area is 153 Å². The minimum atomic E-state index is -0.591. The fourth-order valence-corrected chi connectivity index (χ4v) is 2.95. The molecule has 2 aromatic carbocycles. The van der Waals surface area contributed by atoms with Gasteiger partial charge in [0.05, 0.1) is 13.3 Å². The molecule has 0 atom stereocenters. The number of hydrogen-bond acceptors (Lipinski definition) is 6. The smallest absolute Gasteiger partial charge is 0.412 e. The minimum absolute atomic E-state index is 0.354. The molecule has 6 nitrogen and oxygen atoms in total. The molecule has 0 saturated carbocycles. The lowest BCUT2D eigenvalue weighted by molar-refractivity contribution is 0.187. The molecule has 3 aromatic rings. The van der Waals surface area contributed by atoms with Gasteiger partial charge in [0, 0.05) is 11.1 Å². The lowest BCUT2D eigenvalue weighted by atomic mass is 10.2. The van der Waals surface area contributed by atoms with E-state index < -0.39 is 6.09 Å². The Morgan fingerprint density at radius 2 is 1.92 bits per heavy atom. The van der Waals surface area contributed by atoms with Crippen LogP contribution < -0.4 is 10.7 Å². The Morgan fingerprint density at radius 1 is 1.19 bits per heavy atom. The molecule has 8 heteroatoms. The molecule has 0 aliphatic carbocycles. The largest absolute Gasteiger partial charge is 0.453 e. The van der Waals surface area contributed by atoms with Gasteiger partial charge in [0.2, 0.25) is 5.13 Å². The van der Waals surface area contributed by atoms with Crippen LogP contribution in [0.1, 0.15) is 5.56 Å². The highest BCUT2D eigenvalue weighted by Gasteiger charge is 2.15. The first-order chi connectivity index (χ1) is 12.7. The maximum Gasteiger partial charge on any atom is 0.412 e. The highest BCUT2D eigenvalue weighted by Crippen LogP contribution is 2.35. The van der Waals surface area contributed by atoms with E-state index in [-0.39, 0.29) is 5.82 Å². The van der Waals surface area contributed by atoms with E-state index in [9.17, 15) is 9.18 Å². The van der Waals surface area contributed by atoms with Crippen molar-refractivity contribution in [2.75, 3.05) is 17.9 Å². The van der Waals surface area contributed by atoms with Crippen LogP contribution >= 0.6 is 11.3 Å². The van der Waals surface area contributed by atoms with Crippen molar-refractivity contribution in [1.29, 1.82) is 0 Å². The molecule has 0 spiro atoms. The van der Waals surface area contributed by atoms with Crippen molar-refractivity contribution in [3.8, 4) is 11.3 Å². The Morgan fingerprint density at radius 3 is 2.65 bits per heavy atom. The number of nitrogens with zero attached hydrogens (tertiary/aromatic N) is 2. The first-order valence-electron chi connectivity index (χ1n) is 7.62. The lowest BCUT2D eigenvalue weighted by Crippen LogP contribution is -2.10. The predicted molar refractivity (Wildman–Crippen MR) is 101 cm³/mol. The van der Waals surface area contributed by atoms with Crippen LogP contribution in [-0.4, -0.2) is 24.4 Å². The number of aromatic nitrogens is 1. The molecular weight excluding hydrogens is 355 g/mol. The molecule has 0 aliphatic heterocycles. The van der Waals surface area contributed by atoms with E-state index in [0.29, 0.717) is 21.4 Å². The number of carbonyl (C=O) groups is 1. The first kappa shape index (κ1) is 17.6. The number of nitrogens with one attached hydrogen (secondary N) is 2. The molecule has 1 heterocycles. The van der Waals surface area contributed by atoms with Gasteiger partial charge in [-0.3, -0.25) is 10.7 Å². The molecule has 0 aliphatic rings.